The molecular weight excluding hydrogens is 451 g/mol. The molecule has 32 heavy (non-hydrogen) atoms. The molecule has 0 aliphatic heterocycles. The molecule has 2 aromatic rings. The van der Waals surface area contributed by atoms with E-state index in [1.165, 1.54) is 64.2 Å². The van der Waals surface area contributed by atoms with Crippen molar-refractivity contribution in [2.45, 2.75) is 88.9 Å². The first-order valence-electron chi connectivity index (χ1n) is 11.5. The summed E-state index contributed by atoms with van der Waals surface area (Å²) in [6, 6.07) is 10.7. The molecule has 2 aromatic carbocycles. The molecule has 0 saturated carbocycles. The topological polar surface area (TPSA) is 86.7 Å². The van der Waals surface area contributed by atoms with Crippen molar-refractivity contribution in [1.29, 1.82) is 0 Å². The summed E-state index contributed by atoms with van der Waals surface area (Å²) in [6.07, 6.45) is 15.2. The average molecular weight is 487 g/mol. The Kier molecular flexibility index (Phi) is 15.0. The van der Waals surface area contributed by atoms with Crippen LogP contribution in [0.1, 0.15) is 83.1 Å². The first kappa shape index (κ1) is 29.6. The van der Waals surface area contributed by atoms with Crippen LogP contribution in [0.4, 0.5) is 0 Å². The number of hydrogen-bond acceptors (Lipinski definition) is 4. The third-order valence-corrected chi connectivity index (χ3v) is 6.26. The summed E-state index contributed by atoms with van der Waals surface area (Å²) in [5, 5.41) is 12.0. The van der Waals surface area contributed by atoms with Gasteiger partial charge in [-0.15, -0.1) is 0 Å². The van der Waals surface area contributed by atoms with Gasteiger partial charge >= 0.3 is 51.4 Å². The van der Waals surface area contributed by atoms with Gasteiger partial charge in [-0.05, 0) is 36.6 Å². The molecule has 0 radical (unpaired) electrons. The Balaban J connectivity index is 0.00000512. The molecule has 0 spiro atoms. The van der Waals surface area contributed by atoms with Crippen LogP contribution in [-0.4, -0.2) is 13.0 Å². The fourth-order valence-electron chi connectivity index (χ4n) is 3.61. The molecule has 0 aliphatic carbocycles. The third kappa shape index (κ3) is 11.6. The van der Waals surface area contributed by atoms with Crippen molar-refractivity contribution in [2.24, 2.45) is 0 Å². The molecule has 2 rings (SSSR count). The molecule has 0 aliphatic rings. The normalized spacial score (nSPS) is 11.2. The van der Waals surface area contributed by atoms with Gasteiger partial charge in [0.2, 0.25) is 0 Å². The van der Waals surface area contributed by atoms with Gasteiger partial charge in [0.15, 0.2) is 0 Å². The maximum Gasteiger partial charge on any atom is 1.00 e. The summed E-state index contributed by atoms with van der Waals surface area (Å²) < 4.78 is 37.3. The van der Waals surface area contributed by atoms with Crippen LogP contribution in [0.3, 0.4) is 0 Å². The molecule has 5 nitrogen and oxygen atoms in total. The summed E-state index contributed by atoms with van der Waals surface area (Å²) in [6.45, 7) is 2.25. The quantitative estimate of drug-likeness (QED) is 0.236. The van der Waals surface area contributed by atoms with Crippen molar-refractivity contribution in [3.8, 4) is 17.2 Å². The van der Waals surface area contributed by atoms with Gasteiger partial charge in [-0.1, -0.05) is 95.1 Å². The first-order chi connectivity index (χ1) is 14.9. The maximum atomic E-state index is 12.0. The molecule has 0 unspecified atom stereocenters. The number of hydrogen-bond donors (Lipinski definition) is 1. The number of unbranched alkanes of at least 4 members (excludes halogenated alkanes) is 10. The standard InChI is InChI=1S/C25H36O5S.K/c1-2-3-4-5-6-7-8-9-10-11-12-14-21-15-13-16-22(19-21)30-25-20-23(31(27,28)29)17-18-24(25)26;/h13,15-20,26H,2-12,14H2,1H3,(H,27,28,29);/q;+1/p-1. The van der Waals surface area contributed by atoms with Gasteiger partial charge in [-0.3, -0.25) is 4.55 Å². The third-order valence-electron chi connectivity index (χ3n) is 5.41. The van der Waals surface area contributed by atoms with Crippen LogP contribution in [-0.2, 0) is 16.5 Å². The average Bonchev–Trinajstić information content (AvgIpc) is 2.73. The minimum atomic E-state index is -4.39. The second-order valence-electron chi connectivity index (χ2n) is 8.12. The van der Waals surface area contributed by atoms with Crippen molar-refractivity contribution in [3.63, 3.8) is 0 Å². The van der Waals surface area contributed by atoms with Gasteiger partial charge in [0.05, 0.1) is 4.90 Å². The SMILES string of the molecule is CCCCCCCCCCCCCc1cccc(Oc2cc(S(=O)(=O)O)ccc2[O-])c1.[K+]. The number of aryl methyl sites for hydroxylation is 1. The predicted octanol–water partition coefficient (Wildman–Crippen LogP) is 3.66. The molecule has 0 fully saturated rings. The molecule has 0 amide bonds. The van der Waals surface area contributed by atoms with E-state index in [-0.39, 0.29) is 62.0 Å². The van der Waals surface area contributed by atoms with Crippen LogP contribution in [0.2, 0.25) is 0 Å². The van der Waals surface area contributed by atoms with Gasteiger partial charge < -0.3 is 9.84 Å². The van der Waals surface area contributed by atoms with Crippen LogP contribution < -0.4 is 61.2 Å². The Morgan fingerprint density at radius 3 is 2.03 bits per heavy atom. The fraction of sp³-hybridized carbons (Fsp3) is 0.520. The summed E-state index contributed by atoms with van der Waals surface area (Å²) in [5.41, 5.74) is 1.12. The molecule has 0 bridgehead atoms. The number of rotatable bonds is 15. The summed E-state index contributed by atoms with van der Waals surface area (Å²) >= 11 is 0. The summed E-state index contributed by atoms with van der Waals surface area (Å²) in [7, 11) is -4.39. The van der Waals surface area contributed by atoms with Crippen molar-refractivity contribution in [2.75, 3.05) is 0 Å². The Labute approximate surface area is 236 Å². The second-order valence-corrected chi connectivity index (χ2v) is 9.54. The van der Waals surface area contributed by atoms with Gasteiger partial charge in [-0.2, -0.15) is 8.42 Å². The monoisotopic (exact) mass is 486 g/mol. The summed E-state index contributed by atoms with van der Waals surface area (Å²) in [5.74, 6) is -0.0877. The van der Waals surface area contributed by atoms with Crippen molar-refractivity contribution >= 4 is 10.1 Å². The minimum Gasteiger partial charge on any atom is -0.870 e. The molecule has 0 aromatic heterocycles. The predicted molar refractivity (Wildman–Crippen MR) is 122 cm³/mol. The molecule has 0 saturated heterocycles. The van der Waals surface area contributed by atoms with E-state index < -0.39 is 15.9 Å². The number of ether oxygens (including phenoxy) is 1. The van der Waals surface area contributed by atoms with Crippen LogP contribution in [0, 0.1) is 0 Å². The fourth-order valence-corrected chi connectivity index (χ4v) is 4.11. The van der Waals surface area contributed by atoms with Crippen LogP contribution in [0.5, 0.6) is 17.2 Å². The van der Waals surface area contributed by atoms with Crippen LogP contribution >= 0.6 is 0 Å². The van der Waals surface area contributed by atoms with E-state index in [2.05, 4.69) is 6.92 Å². The largest absolute Gasteiger partial charge is 1.00 e. The molecule has 0 heterocycles. The first-order valence-corrected chi connectivity index (χ1v) is 12.9. The van der Waals surface area contributed by atoms with E-state index in [0.29, 0.717) is 5.75 Å². The van der Waals surface area contributed by atoms with Crippen molar-refractivity contribution in [3.05, 3.63) is 48.0 Å². The van der Waals surface area contributed by atoms with Gasteiger partial charge in [0, 0.05) is 6.07 Å². The maximum absolute atomic E-state index is 12.0. The Morgan fingerprint density at radius 2 is 1.44 bits per heavy atom. The molecule has 7 heteroatoms. The second kappa shape index (κ2) is 16.3. The number of benzene rings is 2. The van der Waals surface area contributed by atoms with E-state index in [4.69, 9.17) is 9.29 Å². The van der Waals surface area contributed by atoms with Gasteiger partial charge in [0.1, 0.15) is 11.5 Å². The molecular formula is C25H35KO5S. The van der Waals surface area contributed by atoms with E-state index in [0.717, 1.165) is 36.6 Å². The zero-order valence-electron chi connectivity index (χ0n) is 19.5. The Bertz CT molecular complexity index is 899. The van der Waals surface area contributed by atoms with E-state index in [1.54, 1.807) is 6.07 Å². The van der Waals surface area contributed by atoms with Crippen molar-refractivity contribution < 1.29 is 74.2 Å². The Morgan fingerprint density at radius 1 is 0.844 bits per heavy atom. The van der Waals surface area contributed by atoms with E-state index in [9.17, 15) is 13.5 Å². The van der Waals surface area contributed by atoms with Crippen molar-refractivity contribution in [1.82, 2.24) is 0 Å². The van der Waals surface area contributed by atoms with Gasteiger partial charge in [-0.25, -0.2) is 0 Å². The smallest absolute Gasteiger partial charge is 0.870 e. The minimum absolute atomic E-state index is 0. The molecule has 0 atom stereocenters. The zero-order valence-corrected chi connectivity index (χ0v) is 23.5. The van der Waals surface area contributed by atoms with E-state index >= 15 is 0 Å². The molecule has 172 valence electrons. The summed E-state index contributed by atoms with van der Waals surface area (Å²) in [4.78, 5) is -0.362. The van der Waals surface area contributed by atoms with E-state index in [1.807, 2.05) is 18.2 Å². The van der Waals surface area contributed by atoms with Crippen LogP contribution in [0.25, 0.3) is 0 Å². The Hall–Kier alpha value is -0.414. The molecule has 1 N–H and O–H groups in total. The zero-order chi connectivity index (χ0) is 22.5. The van der Waals surface area contributed by atoms with Crippen LogP contribution in [0.15, 0.2) is 47.4 Å². The van der Waals surface area contributed by atoms with Gasteiger partial charge in [0.25, 0.3) is 10.1 Å².